The highest BCUT2D eigenvalue weighted by Crippen LogP contribution is 2.25. The first kappa shape index (κ1) is 13.8. The molecule has 0 aromatic carbocycles. The van der Waals surface area contributed by atoms with Crippen LogP contribution in [-0.2, 0) is 9.53 Å². The van der Waals surface area contributed by atoms with Gasteiger partial charge in [0.2, 0.25) is 0 Å². The number of esters is 1. The van der Waals surface area contributed by atoms with Gasteiger partial charge in [-0.15, -0.1) is 0 Å². The van der Waals surface area contributed by atoms with Gasteiger partial charge in [-0.3, -0.25) is 0 Å². The highest BCUT2D eigenvalue weighted by Gasteiger charge is 2.38. The van der Waals surface area contributed by atoms with Gasteiger partial charge in [0.15, 0.2) is 0 Å². The smallest absolute Gasteiger partial charge is 0.422 e. The average molecular weight is 236 g/mol. The largest absolute Gasteiger partial charge is 0.462 e. The quantitative estimate of drug-likeness (QED) is 0.427. The molecule has 0 rings (SSSR count). The normalized spacial score (nSPS) is 12.4. The maximum atomic E-state index is 11.7. The molecule has 15 heavy (non-hydrogen) atoms. The van der Waals surface area contributed by atoms with Crippen LogP contribution in [0.15, 0.2) is 12.2 Å². The molecular weight excluding hydrogens is 230 g/mol. The molecule has 0 fully saturated rings. The molecular formula is C7H6F6O2. The van der Waals surface area contributed by atoms with Crippen molar-refractivity contribution in [1.29, 1.82) is 0 Å². The van der Waals surface area contributed by atoms with Crippen molar-refractivity contribution < 1.29 is 35.9 Å². The Morgan fingerprint density at radius 2 is 1.60 bits per heavy atom. The van der Waals surface area contributed by atoms with Crippen LogP contribution in [0.1, 0.15) is 6.42 Å². The van der Waals surface area contributed by atoms with Crippen molar-refractivity contribution in [3.05, 3.63) is 12.2 Å². The molecule has 0 aliphatic heterocycles. The number of halogens is 6. The van der Waals surface area contributed by atoms with Gasteiger partial charge in [0.1, 0.15) is 12.2 Å². The Balaban J connectivity index is 4.02. The van der Waals surface area contributed by atoms with Crippen molar-refractivity contribution in [2.45, 2.75) is 18.8 Å². The van der Waals surface area contributed by atoms with E-state index in [-0.39, 0.29) is 0 Å². The molecule has 0 aromatic heterocycles. The molecule has 8 heteroatoms. The third-order valence-corrected chi connectivity index (χ3v) is 1.21. The zero-order valence-electron chi connectivity index (χ0n) is 7.21. The predicted molar refractivity (Wildman–Crippen MR) is 36.8 cm³/mol. The van der Waals surface area contributed by atoms with Crippen LogP contribution in [0.4, 0.5) is 26.3 Å². The SMILES string of the molecule is C=C(C(=O)OCCC(F)(F)F)C(F)(F)F. The van der Waals surface area contributed by atoms with Crippen LogP contribution in [0.2, 0.25) is 0 Å². The van der Waals surface area contributed by atoms with E-state index in [0.717, 1.165) is 0 Å². The molecule has 0 bridgehead atoms. The first-order valence-corrected chi connectivity index (χ1v) is 3.54. The lowest BCUT2D eigenvalue weighted by molar-refractivity contribution is -0.162. The molecule has 88 valence electrons. The summed E-state index contributed by atoms with van der Waals surface area (Å²) >= 11 is 0. The van der Waals surface area contributed by atoms with Crippen molar-refractivity contribution >= 4 is 5.97 Å². The Labute approximate surface area is 80.5 Å². The second-order valence-electron chi connectivity index (χ2n) is 2.48. The third-order valence-electron chi connectivity index (χ3n) is 1.21. The molecule has 0 saturated carbocycles. The van der Waals surface area contributed by atoms with E-state index in [4.69, 9.17) is 0 Å². The van der Waals surface area contributed by atoms with E-state index in [1.165, 1.54) is 0 Å². The lowest BCUT2D eigenvalue weighted by Crippen LogP contribution is -2.22. The standard InChI is InChI=1S/C7H6F6O2/c1-4(7(11,12)13)5(14)15-3-2-6(8,9)10/h1-3H2. The maximum Gasteiger partial charge on any atom is 0.422 e. The number of carbonyl (C=O) groups excluding carboxylic acids is 1. The van der Waals surface area contributed by atoms with Crippen LogP contribution in [-0.4, -0.2) is 24.9 Å². The van der Waals surface area contributed by atoms with Gasteiger partial charge in [0.05, 0.1) is 6.42 Å². The zero-order valence-corrected chi connectivity index (χ0v) is 7.21. The molecule has 2 nitrogen and oxygen atoms in total. The van der Waals surface area contributed by atoms with Gasteiger partial charge in [0, 0.05) is 0 Å². The van der Waals surface area contributed by atoms with Crippen LogP contribution < -0.4 is 0 Å². The third kappa shape index (κ3) is 5.97. The topological polar surface area (TPSA) is 26.3 Å². The molecule has 0 aliphatic carbocycles. The van der Waals surface area contributed by atoms with Crippen LogP contribution >= 0.6 is 0 Å². The van der Waals surface area contributed by atoms with Gasteiger partial charge in [-0.2, -0.15) is 26.3 Å². The van der Waals surface area contributed by atoms with E-state index in [1.54, 1.807) is 0 Å². The first-order chi connectivity index (χ1) is 6.54. The van der Waals surface area contributed by atoms with E-state index < -0.39 is 36.9 Å². The second kappa shape index (κ2) is 4.54. The number of carbonyl (C=O) groups is 1. The highest BCUT2D eigenvalue weighted by molar-refractivity contribution is 5.89. The second-order valence-corrected chi connectivity index (χ2v) is 2.48. The summed E-state index contributed by atoms with van der Waals surface area (Å²) in [7, 11) is 0. The fourth-order valence-electron chi connectivity index (χ4n) is 0.462. The lowest BCUT2D eigenvalue weighted by Gasteiger charge is -2.10. The van der Waals surface area contributed by atoms with E-state index in [2.05, 4.69) is 11.3 Å². The minimum Gasteiger partial charge on any atom is -0.462 e. The average Bonchev–Trinajstić information content (AvgIpc) is 1.98. The molecule has 0 saturated heterocycles. The van der Waals surface area contributed by atoms with Gasteiger partial charge in [0.25, 0.3) is 0 Å². The Morgan fingerprint density at radius 3 is 1.93 bits per heavy atom. The van der Waals surface area contributed by atoms with Crippen molar-refractivity contribution in [2.75, 3.05) is 6.61 Å². The summed E-state index contributed by atoms with van der Waals surface area (Å²) in [5.74, 6) is -1.90. The number of ether oxygens (including phenoxy) is 1. The molecule has 0 amide bonds. The number of hydrogen-bond acceptors (Lipinski definition) is 2. The van der Waals surface area contributed by atoms with Crippen molar-refractivity contribution in [1.82, 2.24) is 0 Å². The van der Waals surface area contributed by atoms with Crippen LogP contribution in [0, 0.1) is 0 Å². The minimum atomic E-state index is -4.99. The van der Waals surface area contributed by atoms with Crippen molar-refractivity contribution in [3.63, 3.8) is 0 Å². The van der Waals surface area contributed by atoms with E-state index in [1.807, 2.05) is 0 Å². The Hall–Kier alpha value is -1.21. The van der Waals surface area contributed by atoms with Gasteiger partial charge in [-0.05, 0) is 0 Å². The van der Waals surface area contributed by atoms with Crippen molar-refractivity contribution in [3.8, 4) is 0 Å². The first-order valence-electron chi connectivity index (χ1n) is 3.54. The Morgan fingerprint density at radius 1 is 1.13 bits per heavy atom. The summed E-state index contributed by atoms with van der Waals surface area (Å²) < 4.78 is 73.5. The van der Waals surface area contributed by atoms with Crippen LogP contribution in [0.25, 0.3) is 0 Å². The van der Waals surface area contributed by atoms with Gasteiger partial charge < -0.3 is 4.74 Å². The van der Waals surface area contributed by atoms with E-state index >= 15 is 0 Å². The molecule has 0 heterocycles. The lowest BCUT2D eigenvalue weighted by atomic mass is 10.3. The molecule has 0 N–H and O–H groups in total. The summed E-state index contributed by atoms with van der Waals surface area (Å²) in [6, 6.07) is 0. The fraction of sp³-hybridized carbons (Fsp3) is 0.571. The molecule has 0 aromatic rings. The monoisotopic (exact) mass is 236 g/mol. The summed E-state index contributed by atoms with van der Waals surface area (Å²) in [6.07, 6.45) is -11.1. The maximum absolute atomic E-state index is 11.7. The highest BCUT2D eigenvalue weighted by atomic mass is 19.4. The van der Waals surface area contributed by atoms with Gasteiger partial charge in [-0.1, -0.05) is 6.58 Å². The number of alkyl halides is 6. The summed E-state index contributed by atoms with van der Waals surface area (Å²) in [5.41, 5.74) is -1.83. The predicted octanol–water partition coefficient (Wildman–Crippen LogP) is 2.60. The summed E-state index contributed by atoms with van der Waals surface area (Å²) in [6.45, 7) is 1.20. The summed E-state index contributed by atoms with van der Waals surface area (Å²) in [5, 5.41) is 0. The van der Waals surface area contributed by atoms with Crippen molar-refractivity contribution in [2.24, 2.45) is 0 Å². The number of hydrogen-bond donors (Lipinski definition) is 0. The van der Waals surface area contributed by atoms with Crippen LogP contribution in [0.3, 0.4) is 0 Å². The molecule has 0 radical (unpaired) electrons. The minimum absolute atomic E-state index is 1.16. The fourth-order valence-corrected chi connectivity index (χ4v) is 0.462. The van der Waals surface area contributed by atoms with Gasteiger partial charge in [-0.25, -0.2) is 4.79 Å². The van der Waals surface area contributed by atoms with Gasteiger partial charge >= 0.3 is 18.3 Å². The van der Waals surface area contributed by atoms with E-state index in [0.29, 0.717) is 0 Å². The molecule has 0 spiro atoms. The number of rotatable bonds is 3. The molecule has 0 aliphatic rings. The summed E-state index contributed by atoms with van der Waals surface area (Å²) in [4.78, 5) is 10.5. The molecule has 0 atom stereocenters. The Bertz CT molecular complexity index is 251. The zero-order chi connectivity index (χ0) is 12.3. The van der Waals surface area contributed by atoms with Crippen LogP contribution in [0.5, 0.6) is 0 Å². The Kier molecular flexibility index (Phi) is 4.17. The molecule has 0 unspecified atom stereocenters. The van der Waals surface area contributed by atoms with E-state index in [9.17, 15) is 31.1 Å².